The Morgan fingerprint density at radius 3 is 2.05 bits per heavy atom. The molecule has 0 aliphatic heterocycles. The lowest BCUT2D eigenvalue weighted by Crippen LogP contribution is -2.06. The van der Waals surface area contributed by atoms with Crippen molar-refractivity contribution in [2.75, 3.05) is 13.2 Å². The van der Waals surface area contributed by atoms with E-state index < -0.39 is 7.60 Å². The maximum atomic E-state index is 13.4. The van der Waals surface area contributed by atoms with Gasteiger partial charge in [-0.15, -0.1) is 22.7 Å². The van der Waals surface area contributed by atoms with Gasteiger partial charge < -0.3 is 9.05 Å². The second-order valence-electron chi connectivity index (χ2n) is 4.88. The average molecular weight is 358 g/mol. The van der Waals surface area contributed by atoms with Crippen molar-refractivity contribution in [3.05, 3.63) is 43.8 Å². The van der Waals surface area contributed by atoms with Crippen LogP contribution in [0.15, 0.2) is 24.3 Å². The van der Waals surface area contributed by atoms with E-state index in [9.17, 15) is 4.57 Å². The van der Waals surface area contributed by atoms with Crippen LogP contribution in [0.25, 0.3) is 0 Å². The Bertz CT molecular complexity index is 637. The molecule has 0 N–H and O–H groups in total. The summed E-state index contributed by atoms with van der Waals surface area (Å²) in [4.78, 5) is 4.59. The van der Waals surface area contributed by atoms with Gasteiger partial charge in [-0.3, -0.25) is 4.57 Å². The summed E-state index contributed by atoms with van der Waals surface area (Å²) in [5, 5.41) is 0. The maximum Gasteiger partial charge on any atom is 0.344 e. The van der Waals surface area contributed by atoms with Crippen molar-refractivity contribution in [2.24, 2.45) is 0 Å². The first-order valence-electron chi connectivity index (χ1n) is 7.57. The molecule has 0 aliphatic rings. The number of hydrogen-bond acceptors (Lipinski definition) is 5. The van der Waals surface area contributed by atoms with Crippen LogP contribution in [-0.2, 0) is 20.0 Å². The van der Waals surface area contributed by atoms with Crippen LogP contribution in [0.2, 0.25) is 0 Å². The molecule has 2 aromatic heterocycles. The molecule has 1 unspecified atom stereocenters. The molecule has 2 heterocycles. The molecule has 3 nitrogen and oxygen atoms in total. The number of hydrogen-bond donors (Lipinski definition) is 0. The molecule has 2 aromatic rings. The van der Waals surface area contributed by atoms with Gasteiger partial charge in [0.1, 0.15) is 5.66 Å². The van der Waals surface area contributed by atoms with Crippen molar-refractivity contribution in [2.45, 2.75) is 39.8 Å². The first-order chi connectivity index (χ1) is 10.5. The van der Waals surface area contributed by atoms with Crippen LogP contribution in [0.3, 0.4) is 0 Å². The summed E-state index contributed by atoms with van der Waals surface area (Å²) in [6.45, 7) is 8.66. The minimum absolute atomic E-state index is 0.323. The zero-order valence-corrected chi connectivity index (χ0v) is 16.0. The minimum Gasteiger partial charge on any atom is -0.308 e. The van der Waals surface area contributed by atoms with Gasteiger partial charge in [0.2, 0.25) is 0 Å². The summed E-state index contributed by atoms with van der Waals surface area (Å²) < 4.78 is 24.7. The van der Waals surface area contributed by atoms with E-state index in [0.29, 0.717) is 13.2 Å². The molecule has 122 valence electrons. The van der Waals surface area contributed by atoms with Crippen LogP contribution in [0.5, 0.6) is 0 Å². The van der Waals surface area contributed by atoms with Crippen LogP contribution in [0.4, 0.5) is 0 Å². The first kappa shape index (κ1) is 17.9. The van der Waals surface area contributed by atoms with Crippen LogP contribution in [0.1, 0.15) is 45.9 Å². The van der Waals surface area contributed by atoms with E-state index in [4.69, 9.17) is 9.05 Å². The Morgan fingerprint density at radius 1 is 1.00 bits per heavy atom. The highest BCUT2D eigenvalue weighted by atomic mass is 32.1. The maximum absolute atomic E-state index is 13.4. The molecule has 0 fully saturated rings. The summed E-state index contributed by atoms with van der Waals surface area (Å²) >= 11 is 3.36. The van der Waals surface area contributed by atoms with Crippen LogP contribution in [-0.4, -0.2) is 13.2 Å². The smallest absolute Gasteiger partial charge is 0.308 e. The molecule has 0 bridgehead atoms. The molecule has 0 aromatic carbocycles. The highest BCUT2D eigenvalue weighted by Gasteiger charge is 2.40. The van der Waals surface area contributed by atoms with E-state index in [2.05, 4.69) is 32.0 Å². The van der Waals surface area contributed by atoms with Crippen LogP contribution >= 0.6 is 30.3 Å². The monoisotopic (exact) mass is 358 g/mol. The predicted octanol–water partition coefficient (Wildman–Crippen LogP) is 6.04. The lowest BCUT2D eigenvalue weighted by atomic mass is 10.3. The Balaban J connectivity index is 2.51. The molecule has 0 saturated carbocycles. The van der Waals surface area contributed by atoms with Crippen LogP contribution < -0.4 is 0 Å². The molecule has 1 atom stereocenters. The van der Waals surface area contributed by atoms with Gasteiger partial charge in [-0.2, -0.15) is 0 Å². The number of rotatable bonds is 8. The lowest BCUT2D eigenvalue weighted by molar-refractivity contribution is 0.215. The van der Waals surface area contributed by atoms with Gasteiger partial charge in [0.05, 0.1) is 13.2 Å². The Labute approximate surface area is 140 Å². The molecule has 0 aliphatic carbocycles. The largest absolute Gasteiger partial charge is 0.344 e. The first-order valence-corrected chi connectivity index (χ1v) is 10.8. The topological polar surface area (TPSA) is 35.5 Å². The molecule has 22 heavy (non-hydrogen) atoms. The fourth-order valence-electron chi connectivity index (χ4n) is 2.33. The third-order valence-corrected chi connectivity index (χ3v) is 8.40. The van der Waals surface area contributed by atoms with Gasteiger partial charge in [-0.1, -0.05) is 6.92 Å². The minimum atomic E-state index is -3.24. The van der Waals surface area contributed by atoms with E-state index in [1.165, 1.54) is 9.75 Å². The molecule has 0 spiro atoms. The van der Waals surface area contributed by atoms with Crippen LogP contribution in [0, 0.1) is 6.92 Å². The van der Waals surface area contributed by atoms with E-state index in [1.54, 1.807) is 22.7 Å². The zero-order valence-electron chi connectivity index (χ0n) is 13.5. The zero-order chi connectivity index (χ0) is 16.2. The summed E-state index contributed by atoms with van der Waals surface area (Å²) in [5.74, 6) is 0. The fourth-order valence-corrected chi connectivity index (χ4v) is 7.22. The molecule has 0 amide bonds. The van der Waals surface area contributed by atoms with Crippen molar-refractivity contribution in [1.82, 2.24) is 0 Å². The van der Waals surface area contributed by atoms with Gasteiger partial charge >= 0.3 is 7.60 Å². The van der Waals surface area contributed by atoms with Crippen molar-refractivity contribution >= 4 is 30.3 Å². The quantitative estimate of drug-likeness (QED) is 0.540. The highest BCUT2D eigenvalue weighted by molar-refractivity contribution is 7.55. The van der Waals surface area contributed by atoms with E-state index >= 15 is 0 Å². The number of aryl methyl sites for hydroxylation is 2. The standard InChI is InChI=1S/C16H23O3PS2/c1-5-13-9-11-15(22-13)16(14-10-8-12(4)21-14)20(17,18-6-2)19-7-3/h8-11,16H,5-7H2,1-4H3. The highest BCUT2D eigenvalue weighted by Crippen LogP contribution is 2.65. The van der Waals surface area contributed by atoms with Gasteiger partial charge in [0.15, 0.2) is 0 Å². The normalized spacial score (nSPS) is 13.5. The SMILES string of the molecule is CCOP(=O)(OCC)C(c1ccc(C)s1)c1ccc(CC)s1. The van der Waals surface area contributed by atoms with Crippen molar-refractivity contribution in [3.63, 3.8) is 0 Å². The average Bonchev–Trinajstić information content (AvgIpc) is 3.09. The molecule has 0 saturated heterocycles. The summed E-state index contributed by atoms with van der Waals surface area (Å²) in [6.07, 6.45) is 0.981. The Kier molecular flexibility index (Phi) is 6.42. The predicted molar refractivity (Wildman–Crippen MR) is 95.5 cm³/mol. The third-order valence-electron chi connectivity index (χ3n) is 3.27. The third kappa shape index (κ3) is 3.90. The second kappa shape index (κ2) is 7.89. The fraction of sp³-hybridized carbons (Fsp3) is 0.500. The Hall–Kier alpha value is -0.450. The van der Waals surface area contributed by atoms with E-state index in [1.807, 2.05) is 19.9 Å². The van der Waals surface area contributed by atoms with Crippen molar-refractivity contribution in [1.29, 1.82) is 0 Å². The molecule has 6 heteroatoms. The second-order valence-corrected chi connectivity index (χ2v) is 9.52. The van der Waals surface area contributed by atoms with Gasteiger partial charge in [0.25, 0.3) is 0 Å². The van der Waals surface area contributed by atoms with Gasteiger partial charge in [0, 0.05) is 19.5 Å². The molecule has 0 radical (unpaired) electrons. The lowest BCUT2D eigenvalue weighted by Gasteiger charge is -2.24. The molecular formula is C16H23O3PS2. The molecular weight excluding hydrogens is 335 g/mol. The van der Waals surface area contributed by atoms with Gasteiger partial charge in [-0.25, -0.2) is 0 Å². The molecule has 2 rings (SSSR count). The van der Waals surface area contributed by atoms with E-state index in [-0.39, 0.29) is 5.66 Å². The summed E-state index contributed by atoms with van der Waals surface area (Å²) in [7, 11) is -3.24. The number of thiophene rings is 2. The van der Waals surface area contributed by atoms with Gasteiger partial charge in [-0.05, 0) is 51.5 Å². The summed E-state index contributed by atoms with van der Waals surface area (Å²) in [6, 6.07) is 8.27. The van der Waals surface area contributed by atoms with E-state index in [0.717, 1.165) is 16.2 Å². The Morgan fingerprint density at radius 2 is 1.59 bits per heavy atom. The van der Waals surface area contributed by atoms with Crippen molar-refractivity contribution in [3.8, 4) is 0 Å². The summed E-state index contributed by atoms with van der Waals surface area (Å²) in [5.41, 5.74) is -0.323. The van der Waals surface area contributed by atoms with Crippen molar-refractivity contribution < 1.29 is 13.6 Å².